The molecule has 0 saturated heterocycles. The van der Waals surface area contributed by atoms with Crippen molar-refractivity contribution in [2.75, 3.05) is 6.61 Å². The van der Waals surface area contributed by atoms with Crippen LogP contribution >= 0.6 is 0 Å². The zero-order chi connectivity index (χ0) is 24.2. The number of Topliss-reactive ketones (excluding diaryl/α,β-unsaturated/α-hetero) is 1. The number of hydrogen-bond acceptors (Lipinski definition) is 4. The smallest absolute Gasteiger partial charge is 0.305 e. The second-order valence-corrected chi connectivity index (χ2v) is 8.43. The zero-order valence-electron chi connectivity index (χ0n) is 19.9. The SMILES string of the molecule is CCOC(=O)CCCC(=O)c1ccc2c(c1)c1cc(C(=O)c3ccccc3C)ccc1n2CC. The zero-order valence-corrected chi connectivity index (χ0v) is 19.9. The fourth-order valence-corrected chi connectivity index (χ4v) is 4.51. The summed E-state index contributed by atoms with van der Waals surface area (Å²) in [4.78, 5) is 37.6. The average molecular weight is 456 g/mol. The first-order valence-corrected chi connectivity index (χ1v) is 11.8. The van der Waals surface area contributed by atoms with Crippen molar-refractivity contribution < 1.29 is 19.1 Å². The molecule has 0 aliphatic rings. The van der Waals surface area contributed by atoms with E-state index in [-0.39, 0.29) is 30.4 Å². The van der Waals surface area contributed by atoms with Crippen LogP contribution in [-0.2, 0) is 16.1 Å². The Balaban J connectivity index is 1.70. The van der Waals surface area contributed by atoms with E-state index in [1.807, 2.05) is 67.6 Å². The molecule has 0 amide bonds. The maximum Gasteiger partial charge on any atom is 0.305 e. The van der Waals surface area contributed by atoms with Gasteiger partial charge in [0.25, 0.3) is 0 Å². The summed E-state index contributed by atoms with van der Waals surface area (Å²) in [5, 5.41) is 1.91. The van der Waals surface area contributed by atoms with Crippen molar-refractivity contribution in [1.82, 2.24) is 4.57 Å². The fraction of sp³-hybridized carbons (Fsp3) is 0.276. The number of rotatable bonds is 9. The molecule has 0 unspecified atom stereocenters. The topological polar surface area (TPSA) is 65.4 Å². The Labute approximate surface area is 199 Å². The van der Waals surface area contributed by atoms with Crippen molar-refractivity contribution in [2.24, 2.45) is 0 Å². The Kier molecular flexibility index (Phi) is 6.92. The maximum absolute atomic E-state index is 13.2. The number of ether oxygens (including phenoxy) is 1. The van der Waals surface area contributed by atoms with Crippen LogP contribution in [0.5, 0.6) is 0 Å². The number of hydrogen-bond donors (Lipinski definition) is 0. The molecule has 4 aromatic rings. The minimum absolute atomic E-state index is 0.00395. The number of carbonyl (C=O) groups is 3. The second-order valence-electron chi connectivity index (χ2n) is 8.43. The summed E-state index contributed by atoms with van der Waals surface area (Å²) in [5.41, 5.74) is 4.94. The van der Waals surface area contributed by atoms with Crippen LogP contribution in [0.2, 0.25) is 0 Å². The molecular weight excluding hydrogens is 426 g/mol. The summed E-state index contributed by atoms with van der Waals surface area (Å²) in [6.45, 7) is 6.91. The molecule has 0 radical (unpaired) electrons. The Bertz CT molecular complexity index is 1400. The van der Waals surface area contributed by atoms with Gasteiger partial charge < -0.3 is 9.30 Å². The van der Waals surface area contributed by atoms with Gasteiger partial charge in [-0.05, 0) is 69.2 Å². The van der Waals surface area contributed by atoms with Gasteiger partial charge in [0.05, 0.1) is 6.61 Å². The van der Waals surface area contributed by atoms with E-state index in [1.54, 1.807) is 6.92 Å². The summed E-state index contributed by atoms with van der Waals surface area (Å²) in [7, 11) is 0. The van der Waals surface area contributed by atoms with Crippen molar-refractivity contribution in [3.8, 4) is 0 Å². The van der Waals surface area contributed by atoms with Gasteiger partial charge in [0.1, 0.15) is 0 Å². The van der Waals surface area contributed by atoms with E-state index in [0.717, 1.165) is 33.9 Å². The molecule has 0 saturated carbocycles. The minimum Gasteiger partial charge on any atom is -0.466 e. The van der Waals surface area contributed by atoms with E-state index in [2.05, 4.69) is 11.5 Å². The summed E-state index contributed by atoms with van der Waals surface area (Å²) in [6, 6.07) is 19.1. The Hall–Kier alpha value is -3.73. The van der Waals surface area contributed by atoms with Crippen LogP contribution in [0.3, 0.4) is 0 Å². The van der Waals surface area contributed by atoms with Crippen LogP contribution < -0.4 is 0 Å². The van der Waals surface area contributed by atoms with Gasteiger partial charge in [-0.2, -0.15) is 0 Å². The van der Waals surface area contributed by atoms with Crippen molar-refractivity contribution >= 4 is 39.3 Å². The first-order chi connectivity index (χ1) is 16.4. The molecular formula is C29H29NO4. The lowest BCUT2D eigenvalue weighted by atomic mass is 9.97. The Morgan fingerprint density at radius 1 is 0.824 bits per heavy atom. The van der Waals surface area contributed by atoms with Gasteiger partial charge in [-0.1, -0.05) is 24.3 Å². The number of benzene rings is 3. The molecule has 5 heteroatoms. The van der Waals surface area contributed by atoms with Gasteiger partial charge in [0.2, 0.25) is 0 Å². The van der Waals surface area contributed by atoms with Crippen LogP contribution in [0.4, 0.5) is 0 Å². The standard InChI is InChI=1S/C29H29NO4/c1-4-30-25-15-13-20(27(31)11-8-12-28(32)34-5-2)17-23(25)24-18-21(14-16-26(24)30)29(33)22-10-7-6-9-19(22)3/h6-7,9-10,13-18H,4-5,8,11-12H2,1-3H3. The molecule has 4 rings (SSSR count). The molecule has 174 valence electrons. The van der Waals surface area contributed by atoms with Crippen molar-refractivity contribution in [2.45, 2.75) is 46.6 Å². The number of nitrogens with zero attached hydrogens (tertiary/aromatic N) is 1. The van der Waals surface area contributed by atoms with Gasteiger partial charge >= 0.3 is 5.97 Å². The molecule has 0 spiro atoms. The summed E-state index contributed by atoms with van der Waals surface area (Å²) < 4.78 is 7.14. The second kappa shape index (κ2) is 10.0. The first kappa shape index (κ1) is 23.4. The molecule has 0 atom stereocenters. The third-order valence-electron chi connectivity index (χ3n) is 6.25. The molecule has 34 heavy (non-hydrogen) atoms. The van der Waals surface area contributed by atoms with Gasteiger partial charge in [-0.3, -0.25) is 14.4 Å². The quantitative estimate of drug-likeness (QED) is 0.220. The third kappa shape index (κ3) is 4.51. The highest BCUT2D eigenvalue weighted by Crippen LogP contribution is 2.32. The average Bonchev–Trinajstić information content (AvgIpc) is 3.16. The van der Waals surface area contributed by atoms with E-state index in [4.69, 9.17) is 4.74 Å². The van der Waals surface area contributed by atoms with E-state index < -0.39 is 0 Å². The molecule has 5 nitrogen and oxygen atoms in total. The molecule has 1 aromatic heterocycles. The summed E-state index contributed by atoms with van der Waals surface area (Å²) in [6.07, 6.45) is 0.983. The highest BCUT2D eigenvalue weighted by molar-refractivity contribution is 6.16. The molecule has 3 aromatic carbocycles. The predicted octanol–water partition coefficient (Wildman–Crippen LogP) is 6.27. The summed E-state index contributed by atoms with van der Waals surface area (Å²) in [5.74, 6) is -0.290. The van der Waals surface area contributed by atoms with Crippen molar-refractivity contribution in [3.63, 3.8) is 0 Å². The van der Waals surface area contributed by atoms with Gasteiger partial charge in [0, 0.05) is 57.9 Å². The largest absolute Gasteiger partial charge is 0.466 e. The normalized spacial score (nSPS) is 11.1. The predicted molar refractivity (Wildman–Crippen MR) is 135 cm³/mol. The monoisotopic (exact) mass is 455 g/mol. The maximum atomic E-state index is 13.2. The van der Waals surface area contributed by atoms with Crippen molar-refractivity contribution in [3.05, 3.63) is 82.9 Å². The van der Waals surface area contributed by atoms with Crippen LogP contribution in [0.1, 0.15) is 65.0 Å². The lowest BCUT2D eigenvalue weighted by Gasteiger charge is -2.06. The van der Waals surface area contributed by atoms with Crippen LogP contribution in [0, 0.1) is 6.92 Å². The minimum atomic E-state index is -0.275. The lowest BCUT2D eigenvalue weighted by Crippen LogP contribution is -2.05. The summed E-state index contributed by atoms with van der Waals surface area (Å²) >= 11 is 0. The molecule has 1 heterocycles. The fourth-order valence-electron chi connectivity index (χ4n) is 4.51. The highest BCUT2D eigenvalue weighted by Gasteiger charge is 2.17. The Morgan fingerprint density at radius 2 is 1.47 bits per heavy atom. The van der Waals surface area contributed by atoms with Crippen molar-refractivity contribution in [1.29, 1.82) is 0 Å². The van der Waals surface area contributed by atoms with Gasteiger partial charge in [-0.15, -0.1) is 0 Å². The van der Waals surface area contributed by atoms with E-state index in [1.165, 1.54) is 0 Å². The van der Waals surface area contributed by atoms with Gasteiger partial charge in [0.15, 0.2) is 11.6 Å². The molecule has 0 aliphatic carbocycles. The van der Waals surface area contributed by atoms with E-state index in [0.29, 0.717) is 29.7 Å². The third-order valence-corrected chi connectivity index (χ3v) is 6.25. The first-order valence-electron chi connectivity index (χ1n) is 11.8. The number of carbonyl (C=O) groups excluding carboxylic acids is 3. The van der Waals surface area contributed by atoms with Crippen LogP contribution in [-0.4, -0.2) is 28.7 Å². The number of ketones is 2. The number of aromatic nitrogens is 1. The number of aryl methyl sites for hydroxylation is 2. The highest BCUT2D eigenvalue weighted by atomic mass is 16.5. The van der Waals surface area contributed by atoms with Crippen LogP contribution in [0.15, 0.2) is 60.7 Å². The van der Waals surface area contributed by atoms with E-state index in [9.17, 15) is 14.4 Å². The lowest BCUT2D eigenvalue weighted by molar-refractivity contribution is -0.143. The van der Waals surface area contributed by atoms with Crippen LogP contribution in [0.25, 0.3) is 21.8 Å². The number of fused-ring (bicyclic) bond motifs is 3. The molecule has 0 aliphatic heterocycles. The Morgan fingerprint density at radius 3 is 2.12 bits per heavy atom. The molecule has 0 N–H and O–H groups in total. The van der Waals surface area contributed by atoms with E-state index >= 15 is 0 Å². The number of esters is 1. The van der Waals surface area contributed by atoms with Gasteiger partial charge in [-0.25, -0.2) is 0 Å². The molecule has 0 bridgehead atoms. The molecule has 0 fully saturated rings.